The second-order valence-electron chi connectivity index (χ2n) is 11.4. The summed E-state index contributed by atoms with van der Waals surface area (Å²) >= 11 is 0. The minimum absolute atomic E-state index is 0.239. The molecule has 212 valence electrons. The fourth-order valence-corrected chi connectivity index (χ4v) is 7.19. The van der Waals surface area contributed by atoms with Gasteiger partial charge in [-0.1, -0.05) is 35.9 Å². The number of hydrogen-bond acceptors (Lipinski definition) is 6. The SMILES string of the molecule is CCOC(=O)c1ccc(N2C(=O)[C@H]3[C@H](Cc4c[nH]c5ccccc45)N[C@@]4(C(=O)Nc5c(C)cc(C)cc54)[C@@H]3C2=O)cc1. The van der Waals surface area contributed by atoms with Crippen molar-refractivity contribution < 1.29 is 23.9 Å². The normalized spacial score (nSPS) is 24.4. The Morgan fingerprint density at radius 2 is 1.76 bits per heavy atom. The van der Waals surface area contributed by atoms with Crippen LogP contribution in [0.1, 0.15) is 39.5 Å². The highest BCUT2D eigenvalue weighted by atomic mass is 16.5. The highest BCUT2D eigenvalue weighted by Crippen LogP contribution is 2.54. The lowest BCUT2D eigenvalue weighted by molar-refractivity contribution is -0.130. The molecule has 0 radical (unpaired) electrons. The molecule has 9 nitrogen and oxygen atoms in total. The summed E-state index contributed by atoms with van der Waals surface area (Å²) in [5.74, 6) is -3.35. The third-order valence-corrected chi connectivity index (χ3v) is 8.92. The van der Waals surface area contributed by atoms with Crippen molar-refractivity contribution in [3.63, 3.8) is 0 Å². The third-order valence-electron chi connectivity index (χ3n) is 8.92. The lowest BCUT2D eigenvalue weighted by Crippen LogP contribution is -2.53. The second kappa shape index (κ2) is 9.39. The van der Waals surface area contributed by atoms with Crippen LogP contribution in [-0.2, 0) is 31.1 Å². The molecule has 4 aromatic rings. The molecule has 9 heteroatoms. The fraction of sp³-hybridized carbons (Fsp3) is 0.273. The number of anilines is 2. The first kappa shape index (κ1) is 26.2. The first-order chi connectivity index (χ1) is 20.2. The van der Waals surface area contributed by atoms with E-state index in [0.717, 1.165) is 27.6 Å². The molecule has 7 rings (SSSR count). The van der Waals surface area contributed by atoms with Gasteiger partial charge in [0.25, 0.3) is 0 Å². The Balaban J connectivity index is 1.34. The average molecular weight is 563 g/mol. The number of para-hydroxylation sites is 1. The summed E-state index contributed by atoms with van der Waals surface area (Å²) in [5, 5.41) is 7.61. The number of benzene rings is 3. The third kappa shape index (κ3) is 3.59. The summed E-state index contributed by atoms with van der Waals surface area (Å²) in [6.07, 6.45) is 2.37. The van der Waals surface area contributed by atoms with Gasteiger partial charge in [-0.3, -0.25) is 19.7 Å². The zero-order chi connectivity index (χ0) is 29.3. The minimum Gasteiger partial charge on any atom is -0.462 e. The predicted molar refractivity (Wildman–Crippen MR) is 157 cm³/mol. The molecule has 0 bridgehead atoms. The van der Waals surface area contributed by atoms with Crippen molar-refractivity contribution in [1.29, 1.82) is 0 Å². The predicted octanol–water partition coefficient (Wildman–Crippen LogP) is 4.13. The number of H-pyrrole nitrogens is 1. The van der Waals surface area contributed by atoms with Crippen molar-refractivity contribution in [3.8, 4) is 0 Å². The number of carbonyl (C=O) groups is 4. The minimum atomic E-state index is -1.40. The number of nitrogens with one attached hydrogen (secondary N) is 3. The number of esters is 1. The zero-order valence-corrected chi connectivity index (χ0v) is 23.5. The molecule has 42 heavy (non-hydrogen) atoms. The van der Waals surface area contributed by atoms with E-state index in [1.165, 1.54) is 4.90 Å². The van der Waals surface area contributed by atoms with E-state index < -0.39 is 35.3 Å². The molecule has 1 aromatic heterocycles. The Morgan fingerprint density at radius 3 is 2.52 bits per heavy atom. The number of aromatic amines is 1. The van der Waals surface area contributed by atoms with Crippen LogP contribution < -0.4 is 15.5 Å². The zero-order valence-electron chi connectivity index (χ0n) is 23.5. The van der Waals surface area contributed by atoms with Crippen LogP contribution in [0.15, 0.2) is 66.9 Å². The number of fused-ring (bicyclic) bond motifs is 5. The van der Waals surface area contributed by atoms with Crippen LogP contribution in [0, 0.1) is 25.7 Å². The van der Waals surface area contributed by atoms with Crippen molar-refractivity contribution in [2.24, 2.45) is 11.8 Å². The van der Waals surface area contributed by atoms with Crippen LogP contribution in [0.5, 0.6) is 0 Å². The quantitative estimate of drug-likeness (QED) is 0.249. The maximum atomic E-state index is 14.4. The topological polar surface area (TPSA) is 121 Å². The number of imide groups is 1. The molecule has 4 heterocycles. The van der Waals surface area contributed by atoms with Gasteiger partial charge in [0.1, 0.15) is 5.54 Å². The first-order valence-electron chi connectivity index (χ1n) is 14.2. The van der Waals surface area contributed by atoms with Gasteiger partial charge in [-0.15, -0.1) is 0 Å². The molecule has 3 aromatic carbocycles. The van der Waals surface area contributed by atoms with Crippen molar-refractivity contribution in [3.05, 3.63) is 94.7 Å². The van der Waals surface area contributed by atoms with E-state index in [-0.39, 0.29) is 18.4 Å². The molecule has 1 spiro atoms. The molecule has 2 saturated heterocycles. The number of rotatable bonds is 5. The van der Waals surface area contributed by atoms with Crippen molar-refractivity contribution in [2.45, 2.75) is 38.8 Å². The molecule has 0 unspecified atom stereocenters. The van der Waals surface area contributed by atoms with Crippen molar-refractivity contribution in [1.82, 2.24) is 10.3 Å². The maximum absolute atomic E-state index is 14.4. The lowest BCUT2D eigenvalue weighted by Gasteiger charge is -2.30. The second-order valence-corrected chi connectivity index (χ2v) is 11.4. The van der Waals surface area contributed by atoms with Gasteiger partial charge in [0.15, 0.2) is 0 Å². The molecule has 2 fully saturated rings. The van der Waals surface area contributed by atoms with Crippen LogP contribution in [0.3, 0.4) is 0 Å². The molecule has 3 amide bonds. The number of nitrogens with zero attached hydrogens (tertiary/aromatic N) is 1. The largest absolute Gasteiger partial charge is 0.462 e. The maximum Gasteiger partial charge on any atom is 0.338 e. The molecular weight excluding hydrogens is 532 g/mol. The highest BCUT2D eigenvalue weighted by molar-refractivity contribution is 6.26. The van der Waals surface area contributed by atoms with Crippen molar-refractivity contribution in [2.75, 3.05) is 16.8 Å². The van der Waals surface area contributed by atoms with Crippen molar-refractivity contribution >= 4 is 46.0 Å². The van der Waals surface area contributed by atoms with E-state index in [2.05, 4.69) is 15.6 Å². The lowest BCUT2D eigenvalue weighted by atomic mass is 9.75. The number of aromatic nitrogens is 1. The van der Waals surface area contributed by atoms with Gasteiger partial charge in [0, 0.05) is 34.4 Å². The molecule has 0 aliphatic carbocycles. The summed E-state index contributed by atoms with van der Waals surface area (Å²) in [6, 6.07) is 17.6. The smallest absolute Gasteiger partial charge is 0.338 e. The van der Waals surface area contributed by atoms with E-state index in [1.54, 1.807) is 31.2 Å². The first-order valence-corrected chi connectivity index (χ1v) is 14.2. The average Bonchev–Trinajstić information content (AvgIpc) is 3.68. The monoisotopic (exact) mass is 562 g/mol. The Labute approximate surface area is 242 Å². The number of hydrogen-bond donors (Lipinski definition) is 3. The van der Waals surface area contributed by atoms with E-state index in [9.17, 15) is 19.2 Å². The fourth-order valence-electron chi connectivity index (χ4n) is 7.19. The Morgan fingerprint density at radius 1 is 1.00 bits per heavy atom. The standard InChI is InChI=1S/C33H30N4O5/c1-4-42-31(40)19-9-11-21(12-10-19)37-29(38)26-25(15-20-16-34-24-8-6-5-7-22(20)24)36-33(27(26)30(37)39)23-14-17(2)13-18(3)28(23)35-32(33)41/h5-14,16,25-27,34,36H,4,15H2,1-3H3,(H,35,41)/t25-,26-,27-,33+/m0/s1. The van der Waals surface area contributed by atoms with Crippen LogP contribution in [0.4, 0.5) is 11.4 Å². The number of ether oxygens (including phenoxy) is 1. The van der Waals surface area contributed by atoms with Gasteiger partial charge in [-0.2, -0.15) is 0 Å². The van der Waals surface area contributed by atoms with Crippen LogP contribution in [0.25, 0.3) is 10.9 Å². The molecule has 3 N–H and O–H groups in total. The summed E-state index contributed by atoms with van der Waals surface area (Å²) in [6.45, 7) is 5.85. The summed E-state index contributed by atoms with van der Waals surface area (Å²) < 4.78 is 5.08. The van der Waals surface area contributed by atoms with Crippen LogP contribution in [-0.4, -0.2) is 41.3 Å². The molecule has 3 aliphatic heterocycles. The Hall–Kier alpha value is -4.76. The summed E-state index contributed by atoms with van der Waals surface area (Å²) in [7, 11) is 0. The van der Waals surface area contributed by atoms with Gasteiger partial charge in [-0.25, -0.2) is 9.69 Å². The van der Waals surface area contributed by atoms with E-state index in [4.69, 9.17) is 4.74 Å². The highest BCUT2D eigenvalue weighted by Gasteiger charge is 2.70. The molecule has 4 atom stereocenters. The van der Waals surface area contributed by atoms with Crippen LogP contribution >= 0.6 is 0 Å². The molecular formula is C33H30N4O5. The number of amides is 3. The van der Waals surface area contributed by atoms with Gasteiger partial charge < -0.3 is 15.0 Å². The van der Waals surface area contributed by atoms with E-state index in [0.29, 0.717) is 28.9 Å². The van der Waals surface area contributed by atoms with Gasteiger partial charge in [-0.05, 0) is 68.7 Å². The summed E-state index contributed by atoms with van der Waals surface area (Å²) in [5.41, 5.74) is 4.49. The molecule has 3 aliphatic rings. The number of aryl methyl sites for hydroxylation is 2. The van der Waals surface area contributed by atoms with Gasteiger partial charge >= 0.3 is 5.97 Å². The molecule has 0 saturated carbocycles. The van der Waals surface area contributed by atoms with E-state index in [1.807, 2.05) is 56.4 Å². The van der Waals surface area contributed by atoms with E-state index >= 15 is 0 Å². The number of carbonyl (C=O) groups excluding carboxylic acids is 4. The Bertz CT molecular complexity index is 1810. The van der Waals surface area contributed by atoms with Gasteiger partial charge in [0.2, 0.25) is 17.7 Å². The van der Waals surface area contributed by atoms with Crippen LogP contribution in [0.2, 0.25) is 0 Å². The summed E-state index contributed by atoms with van der Waals surface area (Å²) in [4.78, 5) is 59.3. The Kier molecular flexibility index (Phi) is 5.85. The van der Waals surface area contributed by atoms with Gasteiger partial charge in [0.05, 0.1) is 29.7 Å².